The molecule has 1 aromatic rings. The number of halogens is 1. The van der Waals surface area contributed by atoms with Crippen molar-refractivity contribution in [3.63, 3.8) is 0 Å². The molecule has 1 atom stereocenters. The van der Waals surface area contributed by atoms with Gasteiger partial charge in [-0.2, -0.15) is 0 Å². The average molecular weight is 256 g/mol. The van der Waals surface area contributed by atoms with Crippen molar-refractivity contribution in [2.24, 2.45) is 0 Å². The SMILES string of the molecule is O=C(c1cccc(O)c1O)N1CCCC(Cl)C1. The van der Waals surface area contributed by atoms with Crippen LogP contribution in [0.15, 0.2) is 18.2 Å². The monoisotopic (exact) mass is 255 g/mol. The predicted octanol–water partition coefficient (Wildman–Crippen LogP) is 1.94. The van der Waals surface area contributed by atoms with Gasteiger partial charge in [-0.15, -0.1) is 11.6 Å². The Bertz CT molecular complexity index is 436. The van der Waals surface area contributed by atoms with E-state index in [1.54, 1.807) is 4.90 Å². The number of phenolic OH excluding ortho intramolecular Hbond substituents is 2. The molecule has 1 unspecified atom stereocenters. The Morgan fingerprint density at radius 3 is 2.88 bits per heavy atom. The molecule has 1 heterocycles. The van der Waals surface area contributed by atoms with Gasteiger partial charge in [-0.05, 0) is 25.0 Å². The average Bonchev–Trinajstić information content (AvgIpc) is 2.32. The van der Waals surface area contributed by atoms with Crippen molar-refractivity contribution in [3.05, 3.63) is 23.8 Å². The smallest absolute Gasteiger partial charge is 0.257 e. The number of carbonyl (C=O) groups excluding carboxylic acids is 1. The second-order valence-corrected chi connectivity index (χ2v) is 4.78. The maximum absolute atomic E-state index is 12.1. The first-order valence-corrected chi connectivity index (χ1v) is 5.97. The molecule has 0 spiro atoms. The number of piperidine rings is 1. The van der Waals surface area contributed by atoms with Crippen LogP contribution in [-0.4, -0.2) is 39.5 Å². The maximum Gasteiger partial charge on any atom is 0.257 e. The van der Waals surface area contributed by atoms with E-state index in [0.29, 0.717) is 13.1 Å². The molecule has 0 radical (unpaired) electrons. The quantitative estimate of drug-likeness (QED) is 0.596. The van der Waals surface area contributed by atoms with Crippen LogP contribution >= 0.6 is 11.6 Å². The lowest BCUT2D eigenvalue weighted by atomic mass is 10.1. The summed E-state index contributed by atoms with van der Waals surface area (Å²) in [5.74, 6) is -0.937. The number of hydrogen-bond acceptors (Lipinski definition) is 3. The van der Waals surface area contributed by atoms with E-state index in [-0.39, 0.29) is 28.3 Å². The fraction of sp³-hybridized carbons (Fsp3) is 0.417. The Balaban J connectivity index is 2.22. The Hall–Kier alpha value is -1.42. The van der Waals surface area contributed by atoms with Crippen LogP contribution in [0.2, 0.25) is 0 Å². The normalized spacial score (nSPS) is 20.3. The van der Waals surface area contributed by atoms with Crippen molar-refractivity contribution < 1.29 is 15.0 Å². The zero-order chi connectivity index (χ0) is 12.4. The van der Waals surface area contributed by atoms with Crippen LogP contribution in [0.25, 0.3) is 0 Å². The van der Waals surface area contributed by atoms with Gasteiger partial charge in [0.25, 0.3) is 5.91 Å². The molecule has 1 saturated heterocycles. The van der Waals surface area contributed by atoms with E-state index >= 15 is 0 Å². The van der Waals surface area contributed by atoms with Gasteiger partial charge in [0, 0.05) is 13.1 Å². The number of para-hydroxylation sites is 1. The van der Waals surface area contributed by atoms with Gasteiger partial charge in [0.05, 0.1) is 10.9 Å². The van der Waals surface area contributed by atoms with Gasteiger partial charge in [-0.25, -0.2) is 0 Å². The summed E-state index contributed by atoms with van der Waals surface area (Å²) in [6, 6.07) is 4.37. The fourth-order valence-corrected chi connectivity index (χ4v) is 2.30. The van der Waals surface area contributed by atoms with E-state index in [0.717, 1.165) is 12.8 Å². The third-order valence-corrected chi connectivity index (χ3v) is 3.25. The van der Waals surface area contributed by atoms with Crippen LogP contribution in [0.1, 0.15) is 23.2 Å². The van der Waals surface area contributed by atoms with E-state index in [1.807, 2.05) is 0 Å². The van der Waals surface area contributed by atoms with Crippen LogP contribution < -0.4 is 0 Å². The number of phenols is 2. The van der Waals surface area contributed by atoms with Gasteiger partial charge >= 0.3 is 0 Å². The van der Waals surface area contributed by atoms with Crippen molar-refractivity contribution in [1.82, 2.24) is 4.90 Å². The molecular formula is C12H14ClNO3. The third kappa shape index (κ3) is 2.47. The van der Waals surface area contributed by atoms with Gasteiger partial charge < -0.3 is 15.1 Å². The van der Waals surface area contributed by atoms with Crippen molar-refractivity contribution in [2.45, 2.75) is 18.2 Å². The summed E-state index contributed by atoms with van der Waals surface area (Å²) < 4.78 is 0. The number of carbonyl (C=O) groups is 1. The molecule has 92 valence electrons. The van der Waals surface area contributed by atoms with E-state index in [1.165, 1.54) is 18.2 Å². The van der Waals surface area contributed by atoms with E-state index in [9.17, 15) is 15.0 Å². The number of alkyl halides is 1. The Morgan fingerprint density at radius 1 is 1.41 bits per heavy atom. The molecule has 0 aliphatic carbocycles. The molecule has 0 bridgehead atoms. The highest BCUT2D eigenvalue weighted by molar-refractivity contribution is 6.21. The first-order chi connectivity index (χ1) is 8.09. The molecular weight excluding hydrogens is 242 g/mol. The summed E-state index contributed by atoms with van der Waals surface area (Å²) in [5.41, 5.74) is 0.121. The summed E-state index contributed by atoms with van der Waals surface area (Å²) in [6.45, 7) is 1.12. The lowest BCUT2D eigenvalue weighted by Crippen LogP contribution is -2.40. The first kappa shape index (κ1) is 12.0. The molecule has 0 saturated carbocycles. The molecule has 1 fully saturated rings. The van der Waals surface area contributed by atoms with Crippen LogP contribution in [-0.2, 0) is 0 Å². The Morgan fingerprint density at radius 2 is 2.18 bits per heavy atom. The molecule has 1 aromatic carbocycles. The van der Waals surface area contributed by atoms with Gasteiger partial charge in [0.1, 0.15) is 0 Å². The number of amides is 1. The number of likely N-dealkylation sites (tertiary alicyclic amines) is 1. The highest BCUT2D eigenvalue weighted by atomic mass is 35.5. The third-order valence-electron chi connectivity index (χ3n) is 2.90. The highest BCUT2D eigenvalue weighted by Gasteiger charge is 2.25. The summed E-state index contributed by atoms with van der Waals surface area (Å²) in [5, 5.41) is 19.0. The molecule has 17 heavy (non-hydrogen) atoms. The topological polar surface area (TPSA) is 60.8 Å². The molecule has 1 aliphatic rings. The van der Waals surface area contributed by atoms with Crippen molar-refractivity contribution in [2.75, 3.05) is 13.1 Å². The molecule has 1 aliphatic heterocycles. The maximum atomic E-state index is 12.1. The Kier molecular flexibility index (Phi) is 3.43. The Labute approximate surface area is 104 Å². The van der Waals surface area contributed by atoms with E-state index in [4.69, 9.17) is 11.6 Å². The summed E-state index contributed by atoms with van der Waals surface area (Å²) in [6.07, 6.45) is 1.76. The van der Waals surface area contributed by atoms with Crippen molar-refractivity contribution in [3.8, 4) is 11.5 Å². The lowest BCUT2D eigenvalue weighted by Gasteiger charge is -2.30. The number of rotatable bonds is 1. The number of nitrogens with zero attached hydrogens (tertiary/aromatic N) is 1. The minimum Gasteiger partial charge on any atom is -0.504 e. The summed E-state index contributed by atoms with van der Waals surface area (Å²) >= 11 is 6.01. The molecule has 2 rings (SSSR count). The molecule has 0 aromatic heterocycles. The zero-order valence-electron chi connectivity index (χ0n) is 9.27. The van der Waals surface area contributed by atoms with Crippen LogP contribution in [0.3, 0.4) is 0 Å². The first-order valence-electron chi connectivity index (χ1n) is 5.54. The molecule has 5 heteroatoms. The number of aromatic hydroxyl groups is 2. The lowest BCUT2D eigenvalue weighted by molar-refractivity contribution is 0.0723. The molecule has 4 nitrogen and oxygen atoms in total. The van der Waals surface area contributed by atoms with Gasteiger partial charge in [-0.1, -0.05) is 6.07 Å². The van der Waals surface area contributed by atoms with Crippen LogP contribution in [0.5, 0.6) is 11.5 Å². The number of hydrogen-bond donors (Lipinski definition) is 2. The summed E-state index contributed by atoms with van der Waals surface area (Å²) in [7, 11) is 0. The fourth-order valence-electron chi connectivity index (χ4n) is 1.98. The van der Waals surface area contributed by atoms with Gasteiger partial charge in [0.15, 0.2) is 11.5 Å². The van der Waals surface area contributed by atoms with E-state index < -0.39 is 0 Å². The van der Waals surface area contributed by atoms with Crippen molar-refractivity contribution >= 4 is 17.5 Å². The summed E-state index contributed by atoms with van der Waals surface area (Å²) in [4.78, 5) is 13.7. The number of benzene rings is 1. The second-order valence-electron chi connectivity index (χ2n) is 4.16. The minimum atomic E-state index is -0.366. The molecule has 1 amide bonds. The zero-order valence-corrected chi connectivity index (χ0v) is 10.0. The van der Waals surface area contributed by atoms with E-state index in [2.05, 4.69) is 0 Å². The van der Waals surface area contributed by atoms with Crippen LogP contribution in [0, 0.1) is 0 Å². The largest absolute Gasteiger partial charge is 0.504 e. The van der Waals surface area contributed by atoms with Gasteiger partial charge in [0.2, 0.25) is 0 Å². The molecule has 2 N–H and O–H groups in total. The standard InChI is InChI=1S/C12H14ClNO3/c13-8-3-2-6-14(7-8)12(17)9-4-1-5-10(15)11(9)16/h1,4-5,8,15-16H,2-3,6-7H2. The minimum absolute atomic E-state index is 0.0350. The van der Waals surface area contributed by atoms with Crippen molar-refractivity contribution in [1.29, 1.82) is 0 Å². The second kappa shape index (κ2) is 4.84. The highest BCUT2D eigenvalue weighted by Crippen LogP contribution is 2.30. The van der Waals surface area contributed by atoms with Gasteiger partial charge in [-0.3, -0.25) is 4.79 Å². The van der Waals surface area contributed by atoms with Crippen LogP contribution in [0.4, 0.5) is 0 Å². The predicted molar refractivity (Wildman–Crippen MR) is 64.6 cm³/mol.